The van der Waals surface area contributed by atoms with Gasteiger partial charge in [-0.05, 0) is 47.1 Å². The summed E-state index contributed by atoms with van der Waals surface area (Å²) in [7, 11) is 3.93. The summed E-state index contributed by atoms with van der Waals surface area (Å²) in [6.45, 7) is 2.02. The number of aryl methyl sites for hydroxylation is 1. The smallest absolute Gasteiger partial charge is 0.293 e. The molecule has 2 aromatic heterocycles. The fraction of sp³-hybridized carbons (Fsp3) is 0.182. The van der Waals surface area contributed by atoms with Crippen LogP contribution in [0.3, 0.4) is 0 Å². The molecule has 4 aromatic rings. The van der Waals surface area contributed by atoms with E-state index in [1.54, 1.807) is 6.21 Å². The molecular formula is C22H23N9O2S. The van der Waals surface area contributed by atoms with Crippen LogP contribution in [0.15, 0.2) is 63.2 Å². The molecule has 0 radical (unpaired) electrons. The Morgan fingerprint density at radius 1 is 1.18 bits per heavy atom. The van der Waals surface area contributed by atoms with E-state index in [4.69, 9.17) is 5.73 Å². The fourth-order valence-electron chi connectivity index (χ4n) is 2.98. The van der Waals surface area contributed by atoms with Crippen molar-refractivity contribution in [3.05, 3.63) is 71.0 Å². The Hall–Kier alpha value is -4.19. The molecule has 4 rings (SSSR count). The fourth-order valence-corrected chi connectivity index (χ4v) is 3.87. The molecule has 0 unspecified atom stereocenters. The van der Waals surface area contributed by atoms with Gasteiger partial charge in [-0.2, -0.15) is 9.78 Å². The molecule has 11 nitrogen and oxygen atoms in total. The number of thioether (sulfide) groups is 1. The van der Waals surface area contributed by atoms with Gasteiger partial charge in [0.05, 0.1) is 11.9 Å². The van der Waals surface area contributed by atoms with E-state index in [0.717, 1.165) is 21.7 Å². The van der Waals surface area contributed by atoms with Gasteiger partial charge in [0.25, 0.3) is 5.91 Å². The minimum atomic E-state index is -0.512. The summed E-state index contributed by atoms with van der Waals surface area (Å²) in [5.41, 5.74) is 12.0. The monoisotopic (exact) mass is 477 g/mol. The van der Waals surface area contributed by atoms with Crippen molar-refractivity contribution in [1.29, 1.82) is 0 Å². The number of nitrogens with two attached hydrogens (primary N) is 1. The van der Waals surface area contributed by atoms with Crippen LogP contribution in [0.4, 0.5) is 11.5 Å². The first-order valence-corrected chi connectivity index (χ1v) is 11.2. The number of carbonyl (C=O) groups excluding carboxylic acids is 1. The molecule has 0 aliphatic carbocycles. The molecule has 34 heavy (non-hydrogen) atoms. The van der Waals surface area contributed by atoms with Gasteiger partial charge in [0, 0.05) is 30.4 Å². The topological polar surface area (TPSA) is 140 Å². The quantitative estimate of drug-likeness (QED) is 0.223. The first kappa shape index (κ1) is 23.0. The van der Waals surface area contributed by atoms with Crippen molar-refractivity contribution < 1.29 is 9.42 Å². The summed E-state index contributed by atoms with van der Waals surface area (Å²) in [6.07, 6.45) is 1.56. The van der Waals surface area contributed by atoms with E-state index in [9.17, 15) is 4.79 Å². The zero-order valence-corrected chi connectivity index (χ0v) is 19.7. The summed E-state index contributed by atoms with van der Waals surface area (Å²) in [5, 5.41) is 19.5. The van der Waals surface area contributed by atoms with E-state index in [1.807, 2.05) is 74.4 Å². The number of nitrogen functional groups attached to an aromatic ring is 1. The van der Waals surface area contributed by atoms with Gasteiger partial charge in [0.2, 0.25) is 11.6 Å². The number of nitrogens with zero attached hydrogens (tertiary/aromatic N) is 7. The van der Waals surface area contributed by atoms with Gasteiger partial charge in [0.1, 0.15) is 0 Å². The van der Waals surface area contributed by atoms with Crippen molar-refractivity contribution in [3.8, 4) is 5.82 Å². The van der Waals surface area contributed by atoms with Gasteiger partial charge < -0.3 is 10.6 Å². The Morgan fingerprint density at radius 2 is 1.91 bits per heavy atom. The van der Waals surface area contributed by atoms with Crippen LogP contribution in [0, 0.1) is 6.92 Å². The molecule has 0 aliphatic heterocycles. The third-order valence-corrected chi connectivity index (χ3v) is 5.88. The lowest BCUT2D eigenvalue weighted by molar-refractivity contribution is 0.0949. The average molecular weight is 478 g/mol. The predicted octanol–water partition coefficient (Wildman–Crippen LogP) is 2.66. The lowest BCUT2D eigenvalue weighted by atomic mass is 10.2. The zero-order valence-electron chi connectivity index (χ0n) is 18.8. The summed E-state index contributed by atoms with van der Waals surface area (Å²) in [4.78, 5) is 15.9. The Morgan fingerprint density at radius 3 is 2.56 bits per heavy atom. The van der Waals surface area contributed by atoms with Crippen LogP contribution in [0.1, 0.15) is 27.3 Å². The molecule has 2 heterocycles. The number of hydrogen-bond acceptors (Lipinski definition) is 10. The molecule has 174 valence electrons. The highest BCUT2D eigenvalue weighted by atomic mass is 32.2. The Labute approximate surface area is 200 Å². The van der Waals surface area contributed by atoms with Crippen LogP contribution < -0.4 is 16.1 Å². The van der Waals surface area contributed by atoms with Crippen molar-refractivity contribution >= 4 is 35.4 Å². The first-order chi connectivity index (χ1) is 16.4. The summed E-state index contributed by atoms with van der Waals surface area (Å²) >= 11 is 1.52. The van der Waals surface area contributed by atoms with Crippen LogP contribution in [-0.4, -0.2) is 51.5 Å². The molecule has 2 aromatic carbocycles. The highest BCUT2D eigenvalue weighted by molar-refractivity contribution is 7.98. The SMILES string of the molecule is Cc1ccc(SCc2c(C(=O)NN=Cc3ccc(N(C)C)cc3)nnn2-c2nonc2N)cc1. The molecule has 0 atom stereocenters. The van der Waals surface area contributed by atoms with E-state index in [1.165, 1.54) is 16.4 Å². The second-order valence-electron chi connectivity index (χ2n) is 7.56. The minimum Gasteiger partial charge on any atom is -0.378 e. The molecule has 0 bridgehead atoms. The van der Waals surface area contributed by atoms with Crippen molar-refractivity contribution in [3.63, 3.8) is 0 Å². The molecule has 3 N–H and O–H groups in total. The standard InChI is InChI=1S/C22H23N9O2S/c1-14-4-10-17(11-5-14)34-13-18-19(25-29-31(18)21-20(23)27-33-28-21)22(32)26-24-12-15-6-8-16(9-7-15)30(2)3/h4-12H,13H2,1-3H3,(H2,23,27)(H,26,32). The Balaban J connectivity index is 1.53. The summed E-state index contributed by atoms with van der Waals surface area (Å²) in [5.74, 6) is 0.0657. The number of amides is 1. The van der Waals surface area contributed by atoms with Crippen molar-refractivity contribution in [2.75, 3.05) is 24.7 Å². The number of anilines is 2. The van der Waals surface area contributed by atoms with Gasteiger partial charge in [-0.3, -0.25) is 4.79 Å². The maximum atomic E-state index is 12.9. The Kier molecular flexibility index (Phi) is 6.87. The second kappa shape index (κ2) is 10.2. The van der Waals surface area contributed by atoms with E-state index in [2.05, 4.69) is 35.8 Å². The van der Waals surface area contributed by atoms with Crippen LogP contribution >= 0.6 is 11.8 Å². The normalized spacial score (nSPS) is 11.1. The number of hydrogen-bond donors (Lipinski definition) is 2. The van der Waals surface area contributed by atoms with Gasteiger partial charge in [0.15, 0.2) is 5.69 Å². The number of aromatic nitrogens is 5. The lowest BCUT2D eigenvalue weighted by Gasteiger charge is -2.11. The predicted molar refractivity (Wildman–Crippen MR) is 130 cm³/mol. The number of hydrazone groups is 1. The maximum absolute atomic E-state index is 12.9. The number of nitrogens with one attached hydrogen (secondary N) is 1. The zero-order chi connectivity index (χ0) is 24.1. The van der Waals surface area contributed by atoms with Crippen LogP contribution in [0.5, 0.6) is 0 Å². The average Bonchev–Trinajstić information content (AvgIpc) is 3.44. The Bertz CT molecular complexity index is 1290. The first-order valence-electron chi connectivity index (χ1n) is 10.3. The molecule has 0 spiro atoms. The third-order valence-electron chi connectivity index (χ3n) is 4.86. The lowest BCUT2D eigenvalue weighted by Crippen LogP contribution is -2.20. The molecule has 0 saturated carbocycles. The minimum absolute atomic E-state index is 0.0395. The third kappa shape index (κ3) is 5.23. The number of benzene rings is 2. The van der Waals surface area contributed by atoms with Gasteiger partial charge in [-0.15, -0.1) is 16.9 Å². The highest BCUT2D eigenvalue weighted by Crippen LogP contribution is 2.26. The van der Waals surface area contributed by atoms with E-state index < -0.39 is 5.91 Å². The van der Waals surface area contributed by atoms with Gasteiger partial charge >= 0.3 is 0 Å². The molecular weight excluding hydrogens is 454 g/mol. The molecule has 0 fully saturated rings. The summed E-state index contributed by atoms with van der Waals surface area (Å²) in [6, 6.07) is 15.8. The number of rotatable bonds is 8. The molecule has 1 amide bonds. The molecule has 12 heteroatoms. The maximum Gasteiger partial charge on any atom is 0.293 e. The van der Waals surface area contributed by atoms with Crippen molar-refractivity contribution in [1.82, 2.24) is 30.7 Å². The summed E-state index contributed by atoms with van der Waals surface area (Å²) < 4.78 is 6.04. The van der Waals surface area contributed by atoms with Crippen molar-refractivity contribution in [2.24, 2.45) is 5.10 Å². The van der Waals surface area contributed by atoms with E-state index in [0.29, 0.717) is 11.4 Å². The largest absolute Gasteiger partial charge is 0.378 e. The number of carbonyl (C=O) groups is 1. The highest BCUT2D eigenvalue weighted by Gasteiger charge is 2.24. The van der Waals surface area contributed by atoms with Crippen LogP contribution in [-0.2, 0) is 5.75 Å². The van der Waals surface area contributed by atoms with Crippen molar-refractivity contribution in [2.45, 2.75) is 17.6 Å². The van der Waals surface area contributed by atoms with Gasteiger partial charge in [-0.25, -0.2) is 10.1 Å². The van der Waals surface area contributed by atoms with E-state index in [-0.39, 0.29) is 17.3 Å². The van der Waals surface area contributed by atoms with Crippen LogP contribution in [0.25, 0.3) is 5.82 Å². The molecule has 0 saturated heterocycles. The van der Waals surface area contributed by atoms with E-state index >= 15 is 0 Å². The van der Waals surface area contributed by atoms with Gasteiger partial charge in [-0.1, -0.05) is 35.0 Å². The second-order valence-corrected chi connectivity index (χ2v) is 8.61. The molecule has 0 aliphatic rings. The van der Waals surface area contributed by atoms with Crippen LogP contribution in [0.2, 0.25) is 0 Å².